The van der Waals surface area contributed by atoms with Crippen LogP contribution in [-0.2, 0) is 14.3 Å². The maximum Gasteiger partial charge on any atom is 0.384 e. The van der Waals surface area contributed by atoms with Crippen LogP contribution in [0.15, 0.2) is 0 Å². The minimum atomic E-state index is -0.446. The summed E-state index contributed by atoms with van der Waals surface area (Å²) in [4.78, 5) is 22.3. The third-order valence-electron chi connectivity index (χ3n) is 3.00. The fourth-order valence-corrected chi connectivity index (χ4v) is 2.10. The van der Waals surface area contributed by atoms with Crippen LogP contribution in [0.1, 0.15) is 51.9 Å². The van der Waals surface area contributed by atoms with Crippen molar-refractivity contribution in [1.29, 1.82) is 0 Å². The van der Waals surface area contributed by atoms with Crippen LogP contribution in [0.2, 0.25) is 0 Å². The molecule has 0 saturated heterocycles. The van der Waals surface area contributed by atoms with Crippen LogP contribution < -0.4 is 0 Å². The van der Waals surface area contributed by atoms with Gasteiger partial charge in [0.05, 0.1) is 6.61 Å². The fraction of sp³-hybridized carbons (Fsp3) is 0.714. The summed E-state index contributed by atoms with van der Waals surface area (Å²) in [5, 5.41) is 0. The van der Waals surface area contributed by atoms with Gasteiger partial charge in [-0.2, -0.15) is 0 Å². The normalized spacial score (nSPS) is 18.6. The molecular formula is C14H20O3. The number of hydrogen-bond acceptors (Lipinski definition) is 3. The Morgan fingerprint density at radius 2 is 2.29 bits per heavy atom. The Morgan fingerprint density at radius 3 is 2.94 bits per heavy atom. The van der Waals surface area contributed by atoms with Crippen molar-refractivity contribution in [2.45, 2.75) is 51.9 Å². The van der Waals surface area contributed by atoms with Crippen LogP contribution >= 0.6 is 0 Å². The molecule has 0 aromatic carbocycles. The second-order valence-electron chi connectivity index (χ2n) is 4.32. The molecule has 1 fully saturated rings. The predicted molar refractivity (Wildman–Crippen MR) is 65.2 cm³/mol. The molecule has 1 rings (SSSR count). The number of ketones is 1. The Balaban J connectivity index is 2.04. The Morgan fingerprint density at radius 1 is 1.47 bits per heavy atom. The van der Waals surface area contributed by atoms with Gasteiger partial charge in [0.1, 0.15) is 5.78 Å². The van der Waals surface area contributed by atoms with Crippen molar-refractivity contribution >= 4 is 11.8 Å². The molecule has 0 aromatic rings. The van der Waals surface area contributed by atoms with Crippen molar-refractivity contribution in [3.63, 3.8) is 0 Å². The summed E-state index contributed by atoms with van der Waals surface area (Å²) in [5.41, 5.74) is 0. The van der Waals surface area contributed by atoms with Crippen molar-refractivity contribution < 1.29 is 14.3 Å². The van der Waals surface area contributed by atoms with E-state index >= 15 is 0 Å². The van der Waals surface area contributed by atoms with Gasteiger partial charge in [-0.3, -0.25) is 4.79 Å². The molecule has 0 spiro atoms. The van der Waals surface area contributed by atoms with E-state index in [1.54, 1.807) is 6.92 Å². The summed E-state index contributed by atoms with van der Waals surface area (Å²) < 4.78 is 4.69. The summed E-state index contributed by atoms with van der Waals surface area (Å²) in [7, 11) is 0. The summed E-state index contributed by atoms with van der Waals surface area (Å²) in [6.07, 6.45) is 6.57. The summed E-state index contributed by atoms with van der Waals surface area (Å²) in [5.74, 6) is 5.53. The highest BCUT2D eigenvalue weighted by Crippen LogP contribution is 2.25. The summed E-state index contributed by atoms with van der Waals surface area (Å²) in [6, 6.07) is 0. The molecule has 0 heterocycles. The van der Waals surface area contributed by atoms with Crippen molar-refractivity contribution in [1.82, 2.24) is 0 Å². The predicted octanol–water partition coefficient (Wildman–Crippen LogP) is 2.48. The van der Waals surface area contributed by atoms with E-state index in [4.69, 9.17) is 0 Å². The average molecular weight is 236 g/mol. The molecular weight excluding hydrogens is 216 g/mol. The van der Waals surface area contributed by atoms with Gasteiger partial charge in [0.25, 0.3) is 0 Å². The van der Waals surface area contributed by atoms with E-state index in [2.05, 4.69) is 16.6 Å². The highest BCUT2D eigenvalue weighted by atomic mass is 16.5. The second-order valence-corrected chi connectivity index (χ2v) is 4.32. The van der Waals surface area contributed by atoms with E-state index in [1.165, 1.54) is 0 Å². The van der Waals surface area contributed by atoms with E-state index in [0.717, 1.165) is 38.5 Å². The van der Waals surface area contributed by atoms with E-state index in [-0.39, 0.29) is 0 Å². The van der Waals surface area contributed by atoms with Gasteiger partial charge < -0.3 is 4.74 Å². The Bertz CT molecular complexity index is 322. The molecule has 0 amide bonds. The third-order valence-corrected chi connectivity index (χ3v) is 3.00. The number of hydrogen-bond donors (Lipinski definition) is 0. The van der Waals surface area contributed by atoms with E-state index < -0.39 is 5.97 Å². The van der Waals surface area contributed by atoms with Crippen LogP contribution in [0.5, 0.6) is 0 Å². The number of ether oxygens (including phenoxy) is 1. The Hall–Kier alpha value is -1.30. The van der Waals surface area contributed by atoms with Crippen molar-refractivity contribution in [2.75, 3.05) is 6.61 Å². The highest BCUT2D eigenvalue weighted by molar-refractivity contribution is 5.88. The van der Waals surface area contributed by atoms with Crippen LogP contribution in [0, 0.1) is 17.8 Å². The standard InChI is InChI=1S/C14H20O3/c1-2-17-14(16)11-6-4-3-5-8-12-9-7-10-13(12)15/h12H,2-5,7-10H2,1H3. The van der Waals surface area contributed by atoms with Gasteiger partial charge in [-0.15, -0.1) is 0 Å². The molecule has 0 aliphatic heterocycles. The first kappa shape index (κ1) is 13.8. The maximum atomic E-state index is 11.4. The zero-order valence-corrected chi connectivity index (χ0v) is 10.5. The molecule has 0 N–H and O–H groups in total. The van der Waals surface area contributed by atoms with E-state index in [0.29, 0.717) is 24.7 Å². The fourth-order valence-electron chi connectivity index (χ4n) is 2.10. The lowest BCUT2D eigenvalue weighted by atomic mass is 9.99. The smallest absolute Gasteiger partial charge is 0.384 e. The topological polar surface area (TPSA) is 43.4 Å². The van der Waals surface area contributed by atoms with Crippen molar-refractivity contribution in [2.24, 2.45) is 5.92 Å². The van der Waals surface area contributed by atoms with Gasteiger partial charge in [0, 0.05) is 24.7 Å². The number of carbonyl (C=O) groups is 2. The number of rotatable bonds is 5. The van der Waals surface area contributed by atoms with Gasteiger partial charge in [-0.05, 0) is 32.6 Å². The van der Waals surface area contributed by atoms with E-state index in [1.807, 2.05) is 0 Å². The highest BCUT2D eigenvalue weighted by Gasteiger charge is 2.23. The van der Waals surface area contributed by atoms with Crippen LogP contribution in [0.3, 0.4) is 0 Å². The van der Waals surface area contributed by atoms with Crippen molar-refractivity contribution in [3.05, 3.63) is 0 Å². The van der Waals surface area contributed by atoms with E-state index in [9.17, 15) is 9.59 Å². The minimum absolute atomic E-state index is 0.299. The molecule has 1 aliphatic carbocycles. The molecule has 0 bridgehead atoms. The molecule has 3 heteroatoms. The quantitative estimate of drug-likeness (QED) is 0.319. The summed E-state index contributed by atoms with van der Waals surface area (Å²) in [6.45, 7) is 2.13. The van der Waals surface area contributed by atoms with Gasteiger partial charge in [-0.25, -0.2) is 4.79 Å². The minimum Gasteiger partial charge on any atom is -0.456 e. The molecule has 1 unspecified atom stereocenters. The first-order valence-corrected chi connectivity index (χ1v) is 6.42. The largest absolute Gasteiger partial charge is 0.456 e. The molecule has 1 atom stereocenters. The first-order chi connectivity index (χ1) is 8.24. The van der Waals surface area contributed by atoms with Gasteiger partial charge in [-0.1, -0.05) is 12.3 Å². The van der Waals surface area contributed by atoms with Gasteiger partial charge in [0.2, 0.25) is 0 Å². The van der Waals surface area contributed by atoms with Gasteiger partial charge in [0.15, 0.2) is 0 Å². The Kier molecular flexibility index (Phi) is 6.39. The zero-order valence-electron chi connectivity index (χ0n) is 10.5. The number of esters is 1. The molecule has 3 nitrogen and oxygen atoms in total. The molecule has 1 aliphatic rings. The van der Waals surface area contributed by atoms with Crippen LogP contribution in [-0.4, -0.2) is 18.4 Å². The van der Waals surface area contributed by atoms with Crippen LogP contribution in [0.25, 0.3) is 0 Å². The lowest BCUT2D eigenvalue weighted by Gasteiger charge is -2.05. The van der Waals surface area contributed by atoms with Gasteiger partial charge >= 0.3 is 5.97 Å². The Labute approximate surface area is 103 Å². The lowest BCUT2D eigenvalue weighted by molar-refractivity contribution is -0.136. The third kappa shape index (κ3) is 5.53. The molecule has 0 radical (unpaired) electrons. The van der Waals surface area contributed by atoms with Crippen LogP contribution in [0.4, 0.5) is 0 Å². The number of Topliss-reactive ketones (excluding diaryl/α,β-unsaturated/α-hetero) is 1. The average Bonchev–Trinajstić information content (AvgIpc) is 2.70. The zero-order chi connectivity index (χ0) is 12.5. The second kappa shape index (κ2) is 7.89. The first-order valence-electron chi connectivity index (χ1n) is 6.42. The molecule has 94 valence electrons. The molecule has 1 saturated carbocycles. The molecule has 17 heavy (non-hydrogen) atoms. The SMILES string of the molecule is CCOC(=O)C#CCCCCC1CCCC1=O. The maximum absolute atomic E-state index is 11.4. The monoisotopic (exact) mass is 236 g/mol. The molecule has 0 aromatic heterocycles. The lowest BCUT2D eigenvalue weighted by Crippen LogP contribution is -2.05. The number of unbranched alkanes of at least 4 members (excludes halogenated alkanes) is 2. The van der Waals surface area contributed by atoms with Crippen molar-refractivity contribution in [3.8, 4) is 11.8 Å². The summed E-state index contributed by atoms with van der Waals surface area (Å²) >= 11 is 0. The number of carbonyl (C=O) groups excluding carboxylic acids is 2.